The zero-order valence-corrected chi connectivity index (χ0v) is 9.02. The molecule has 4 heteroatoms. The number of hydrogen-bond acceptors (Lipinski definition) is 3. The van der Waals surface area contributed by atoms with E-state index in [0.29, 0.717) is 10.8 Å². The van der Waals surface area contributed by atoms with Crippen LogP contribution >= 0.6 is 11.6 Å². The lowest BCUT2D eigenvalue weighted by Gasteiger charge is -2.02. The van der Waals surface area contributed by atoms with Gasteiger partial charge in [-0.05, 0) is 36.4 Å². The highest BCUT2D eigenvalue weighted by Crippen LogP contribution is 2.16. The van der Waals surface area contributed by atoms with Crippen LogP contribution in [0.4, 0.5) is 0 Å². The maximum Gasteiger partial charge on any atom is 0.362 e. The summed E-state index contributed by atoms with van der Waals surface area (Å²) in [6.07, 6.45) is 1.54. The van der Waals surface area contributed by atoms with E-state index < -0.39 is 5.97 Å². The molecule has 0 unspecified atom stereocenters. The molecule has 0 radical (unpaired) electrons. The summed E-state index contributed by atoms with van der Waals surface area (Å²) in [7, 11) is 0. The molecule has 1 heterocycles. The van der Waals surface area contributed by atoms with E-state index in [1.807, 2.05) is 0 Å². The van der Waals surface area contributed by atoms with Crippen molar-refractivity contribution in [3.05, 3.63) is 59.4 Å². The number of aromatic nitrogens is 1. The highest BCUT2D eigenvalue weighted by Gasteiger charge is 2.08. The Morgan fingerprint density at radius 3 is 2.50 bits per heavy atom. The van der Waals surface area contributed by atoms with Gasteiger partial charge < -0.3 is 4.74 Å². The number of ether oxygens (including phenoxy) is 1. The van der Waals surface area contributed by atoms with Crippen LogP contribution in [0.15, 0.2) is 48.7 Å². The first kappa shape index (κ1) is 10.6. The number of carbonyl (C=O) groups excluding carboxylic acids is 1. The third-order valence-corrected chi connectivity index (χ3v) is 2.15. The smallest absolute Gasteiger partial charge is 0.362 e. The lowest BCUT2D eigenvalue weighted by Crippen LogP contribution is -2.09. The number of nitrogens with zero attached hydrogens (tertiary/aromatic N) is 1. The predicted molar refractivity (Wildman–Crippen MR) is 60.6 cm³/mol. The second kappa shape index (κ2) is 4.77. The molecule has 0 aliphatic heterocycles. The van der Waals surface area contributed by atoms with Gasteiger partial charge in [-0.2, -0.15) is 0 Å². The first-order chi connectivity index (χ1) is 7.75. The number of hydrogen-bond donors (Lipinski definition) is 0. The Labute approximate surface area is 97.7 Å². The van der Waals surface area contributed by atoms with Crippen molar-refractivity contribution in [2.24, 2.45) is 0 Å². The van der Waals surface area contributed by atoms with Crippen LogP contribution in [0, 0.1) is 0 Å². The molecule has 0 N–H and O–H groups in total. The first-order valence-corrected chi connectivity index (χ1v) is 5.02. The van der Waals surface area contributed by atoms with Crippen molar-refractivity contribution >= 4 is 17.6 Å². The number of benzene rings is 1. The highest BCUT2D eigenvalue weighted by molar-refractivity contribution is 6.30. The van der Waals surface area contributed by atoms with Crippen molar-refractivity contribution in [1.29, 1.82) is 0 Å². The van der Waals surface area contributed by atoms with Crippen molar-refractivity contribution in [3.63, 3.8) is 0 Å². The molecule has 2 aromatic rings. The molecule has 1 aromatic heterocycles. The average molecular weight is 234 g/mol. The zero-order valence-electron chi connectivity index (χ0n) is 8.26. The van der Waals surface area contributed by atoms with Gasteiger partial charge in [-0.3, -0.25) is 0 Å². The fraction of sp³-hybridized carbons (Fsp3) is 0. The molecule has 0 aliphatic carbocycles. The van der Waals surface area contributed by atoms with Crippen molar-refractivity contribution in [1.82, 2.24) is 4.98 Å². The molecule has 0 atom stereocenters. The van der Waals surface area contributed by atoms with E-state index in [-0.39, 0.29) is 5.69 Å². The average Bonchev–Trinajstić information content (AvgIpc) is 2.33. The summed E-state index contributed by atoms with van der Waals surface area (Å²) in [5.74, 6) is -0.0389. The molecule has 0 fully saturated rings. The quantitative estimate of drug-likeness (QED) is 0.591. The number of halogens is 1. The third-order valence-electron chi connectivity index (χ3n) is 1.90. The molecule has 2 rings (SSSR count). The number of rotatable bonds is 2. The maximum atomic E-state index is 11.6. The Morgan fingerprint density at radius 1 is 1.12 bits per heavy atom. The molecule has 0 bridgehead atoms. The van der Waals surface area contributed by atoms with Crippen LogP contribution in [-0.4, -0.2) is 11.0 Å². The highest BCUT2D eigenvalue weighted by atomic mass is 35.5. The lowest BCUT2D eigenvalue weighted by atomic mass is 10.3. The summed E-state index contributed by atoms with van der Waals surface area (Å²) in [6, 6.07) is 11.6. The first-order valence-electron chi connectivity index (χ1n) is 4.64. The minimum Gasteiger partial charge on any atom is -0.422 e. The minimum atomic E-state index is -0.483. The fourth-order valence-electron chi connectivity index (χ4n) is 1.15. The molecule has 0 amide bonds. The number of pyridine rings is 1. The summed E-state index contributed by atoms with van der Waals surface area (Å²) < 4.78 is 5.10. The van der Waals surface area contributed by atoms with E-state index in [2.05, 4.69) is 4.98 Å². The Bertz CT molecular complexity index is 482. The normalized spacial score (nSPS) is 9.81. The van der Waals surface area contributed by atoms with Gasteiger partial charge in [0.05, 0.1) is 0 Å². The van der Waals surface area contributed by atoms with Gasteiger partial charge in [-0.1, -0.05) is 17.7 Å². The Morgan fingerprint density at radius 2 is 1.88 bits per heavy atom. The summed E-state index contributed by atoms with van der Waals surface area (Å²) in [5, 5.41) is 0.595. The molecule has 16 heavy (non-hydrogen) atoms. The molecule has 0 aliphatic rings. The van der Waals surface area contributed by atoms with Gasteiger partial charge in [-0.15, -0.1) is 0 Å². The van der Waals surface area contributed by atoms with Crippen LogP contribution in [0.2, 0.25) is 5.02 Å². The maximum absolute atomic E-state index is 11.6. The number of esters is 1. The lowest BCUT2D eigenvalue weighted by molar-refractivity contribution is 0.0728. The molecule has 0 saturated carbocycles. The Balaban J connectivity index is 2.11. The molecule has 0 spiro atoms. The van der Waals surface area contributed by atoms with Gasteiger partial charge in [0, 0.05) is 11.2 Å². The topological polar surface area (TPSA) is 39.2 Å². The van der Waals surface area contributed by atoms with Crippen LogP contribution < -0.4 is 4.74 Å². The third kappa shape index (κ3) is 2.58. The van der Waals surface area contributed by atoms with E-state index >= 15 is 0 Å². The molecule has 1 aromatic carbocycles. The van der Waals surface area contributed by atoms with Gasteiger partial charge in [-0.25, -0.2) is 9.78 Å². The molecule has 0 saturated heterocycles. The van der Waals surface area contributed by atoms with Crippen molar-refractivity contribution in [3.8, 4) is 5.75 Å². The van der Waals surface area contributed by atoms with Gasteiger partial charge in [0.2, 0.25) is 0 Å². The van der Waals surface area contributed by atoms with Crippen molar-refractivity contribution in [2.45, 2.75) is 0 Å². The van der Waals surface area contributed by atoms with E-state index in [1.165, 1.54) is 0 Å². The SMILES string of the molecule is O=C(Oc1ccc(Cl)cc1)c1ccccn1. The van der Waals surface area contributed by atoms with Gasteiger partial charge in [0.25, 0.3) is 0 Å². The second-order valence-electron chi connectivity index (χ2n) is 3.06. The predicted octanol–water partition coefficient (Wildman–Crippen LogP) is 2.95. The number of carbonyl (C=O) groups is 1. The van der Waals surface area contributed by atoms with Crippen LogP contribution in [0.3, 0.4) is 0 Å². The van der Waals surface area contributed by atoms with Gasteiger partial charge in [0.15, 0.2) is 0 Å². The summed E-state index contributed by atoms with van der Waals surface area (Å²) in [5.41, 5.74) is 0.275. The van der Waals surface area contributed by atoms with E-state index in [1.54, 1.807) is 48.7 Å². The van der Waals surface area contributed by atoms with E-state index in [4.69, 9.17) is 16.3 Å². The Hall–Kier alpha value is -1.87. The van der Waals surface area contributed by atoms with E-state index in [9.17, 15) is 4.79 Å². The molecular weight excluding hydrogens is 226 g/mol. The summed E-state index contributed by atoms with van der Waals surface area (Å²) in [4.78, 5) is 15.5. The van der Waals surface area contributed by atoms with Gasteiger partial charge >= 0.3 is 5.97 Å². The van der Waals surface area contributed by atoms with Crippen LogP contribution in [0.5, 0.6) is 5.75 Å². The van der Waals surface area contributed by atoms with E-state index in [0.717, 1.165) is 0 Å². The minimum absolute atomic E-state index is 0.275. The van der Waals surface area contributed by atoms with Crippen molar-refractivity contribution < 1.29 is 9.53 Å². The van der Waals surface area contributed by atoms with Crippen LogP contribution in [-0.2, 0) is 0 Å². The monoisotopic (exact) mass is 233 g/mol. The fourth-order valence-corrected chi connectivity index (χ4v) is 1.27. The largest absolute Gasteiger partial charge is 0.422 e. The van der Waals surface area contributed by atoms with Crippen molar-refractivity contribution in [2.75, 3.05) is 0 Å². The standard InChI is InChI=1S/C12H8ClNO2/c13-9-4-6-10(7-5-9)16-12(15)11-3-1-2-8-14-11/h1-8H. The molecule has 80 valence electrons. The molecule has 3 nitrogen and oxygen atoms in total. The summed E-state index contributed by atoms with van der Waals surface area (Å²) >= 11 is 5.71. The van der Waals surface area contributed by atoms with Gasteiger partial charge in [0.1, 0.15) is 11.4 Å². The van der Waals surface area contributed by atoms with Crippen LogP contribution in [0.1, 0.15) is 10.5 Å². The second-order valence-corrected chi connectivity index (χ2v) is 3.49. The Kier molecular flexibility index (Phi) is 3.17. The zero-order chi connectivity index (χ0) is 11.4. The molecular formula is C12H8ClNO2. The summed E-state index contributed by atoms with van der Waals surface area (Å²) in [6.45, 7) is 0. The van der Waals surface area contributed by atoms with Crippen LogP contribution in [0.25, 0.3) is 0 Å².